The van der Waals surface area contributed by atoms with Crippen molar-refractivity contribution in [1.82, 2.24) is 20.1 Å². The second-order valence-corrected chi connectivity index (χ2v) is 6.73. The Morgan fingerprint density at radius 3 is 2.74 bits per heavy atom. The Morgan fingerprint density at radius 2 is 2.09 bits per heavy atom. The van der Waals surface area contributed by atoms with Gasteiger partial charge in [-0.15, -0.1) is 11.3 Å². The highest BCUT2D eigenvalue weighted by Gasteiger charge is 2.22. The van der Waals surface area contributed by atoms with Gasteiger partial charge >= 0.3 is 6.03 Å². The molecule has 2 fully saturated rings. The van der Waals surface area contributed by atoms with Crippen LogP contribution in [0.2, 0.25) is 0 Å². The lowest BCUT2D eigenvalue weighted by Crippen LogP contribution is -2.52. The molecule has 3 heterocycles. The SMILES string of the molecule is O=C1CCCN1CCCNC(=O)N1CCN(c2nccs2)CC1. The highest BCUT2D eigenvalue weighted by molar-refractivity contribution is 7.13. The van der Waals surface area contributed by atoms with Gasteiger partial charge in [0.1, 0.15) is 0 Å². The average Bonchev–Trinajstić information content (AvgIpc) is 3.23. The summed E-state index contributed by atoms with van der Waals surface area (Å²) in [5, 5.41) is 5.96. The molecule has 0 bridgehead atoms. The minimum atomic E-state index is -0.00321. The Bertz CT molecular complexity index is 528. The molecule has 1 N–H and O–H groups in total. The van der Waals surface area contributed by atoms with E-state index in [1.165, 1.54) is 0 Å². The fourth-order valence-electron chi connectivity index (χ4n) is 2.99. The van der Waals surface area contributed by atoms with Gasteiger partial charge in [0, 0.05) is 63.8 Å². The number of nitrogens with zero attached hydrogens (tertiary/aromatic N) is 4. The molecule has 2 aliphatic rings. The molecule has 2 saturated heterocycles. The third-order valence-corrected chi connectivity index (χ3v) is 5.14. The van der Waals surface area contributed by atoms with Crippen molar-refractivity contribution in [3.63, 3.8) is 0 Å². The molecule has 0 aromatic carbocycles. The van der Waals surface area contributed by atoms with Crippen LogP contribution in [-0.2, 0) is 4.79 Å². The van der Waals surface area contributed by atoms with Crippen LogP contribution in [0.3, 0.4) is 0 Å². The Balaban J connectivity index is 1.32. The van der Waals surface area contributed by atoms with E-state index in [9.17, 15) is 9.59 Å². The molecule has 7 nitrogen and oxygen atoms in total. The minimum Gasteiger partial charge on any atom is -0.345 e. The zero-order chi connectivity index (χ0) is 16.1. The molecule has 1 aromatic rings. The van der Waals surface area contributed by atoms with Crippen LogP contribution in [-0.4, -0.2) is 72.5 Å². The number of rotatable bonds is 5. The summed E-state index contributed by atoms with van der Waals surface area (Å²) in [6, 6.07) is -0.00321. The molecule has 0 unspecified atom stereocenters. The predicted molar refractivity (Wildman–Crippen MR) is 89.7 cm³/mol. The van der Waals surface area contributed by atoms with Crippen LogP contribution in [0.5, 0.6) is 0 Å². The molecular weight excluding hydrogens is 314 g/mol. The van der Waals surface area contributed by atoms with Crippen LogP contribution in [0.25, 0.3) is 0 Å². The number of likely N-dealkylation sites (tertiary alicyclic amines) is 1. The molecule has 0 atom stereocenters. The van der Waals surface area contributed by atoms with Gasteiger partial charge < -0.3 is 20.0 Å². The molecule has 0 aliphatic carbocycles. The van der Waals surface area contributed by atoms with Gasteiger partial charge in [0.15, 0.2) is 5.13 Å². The molecule has 3 rings (SSSR count). The predicted octanol–water partition coefficient (Wildman–Crippen LogP) is 0.987. The van der Waals surface area contributed by atoms with Crippen LogP contribution in [0.1, 0.15) is 19.3 Å². The zero-order valence-electron chi connectivity index (χ0n) is 13.2. The third kappa shape index (κ3) is 4.13. The van der Waals surface area contributed by atoms with Crippen molar-refractivity contribution in [1.29, 1.82) is 0 Å². The average molecular weight is 337 g/mol. The maximum absolute atomic E-state index is 12.2. The number of anilines is 1. The van der Waals surface area contributed by atoms with E-state index in [0.717, 1.165) is 57.2 Å². The first kappa shape index (κ1) is 16.0. The first-order chi connectivity index (χ1) is 11.2. The van der Waals surface area contributed by atoms with Gasteiger partial charge in [0.2, 0.25) is 5.91 Å². The molecule has 0 saturated carbocycles. The first-order valence-corrected chi connectivity index (χ1v) is 9.07. The fraction of sp³-hybridized carbons (Fsp3) is 0.667. The number of hydrogen-bond acceptors (Lipinski definition) is 5. The summed E-state index contributed by atoms with van der Waals surface area (Å²) in [6.07, 6.45) is 4.27. The maximum atomic E-state index is 12.2. The number of hydrogen-bond donors (Lipinski definition) is 1. The second-order valence-electron chi connectivity index (χ2n) is 5.86. The van der Waals surface area contributed by atoms with Crippen molar-refractivity contribution in [3.8, 4) is 0 Å². The van der Waals surface area contributed by atoms with E-state index in [4.69, 9.17) is 0 Å². The Kier molecular flexibility index (Phi) is 5.32. The quantitative estimate of drug-likeness (QED) is 0.814. The van der Waals surface area contributed by atoms with E-state index in [1.54, 1.807) is 11.3 Å². The van der Waals surface area contributed by atoms with Gasteiger partial charge in [-0.1, -0.05) is 0 Å². The molecule has 0 spiro atoms. The zero-order valence-corrected chi connectivity index (χ0v) is 14.1. The van der Waals surface area contributed by atoms with E-state index in [0.29, 0.717) is 13.0 Å². The summed E-state index contributed by atoms with van der Waals surface area (Å²) in [7, 11) is 0. The van der Waals surface area contributed by atoms with Gasteiger partial charge in [-0.2, -0.15) is 0 Å². The lowest BCUT2D eigenvalue weighted by molar-refractivity contribution is -0.127. The van der Waals surface area contributed by atoms with Crippen LogP contribution < -0.4 is 10.2 Å². The number of thiazole rings is 1. The molecule has 2 aliphatic heterocycles. The van der Waals surface area contributed by atoms with Crippen molar-refractivity contribution in [2.24, 2.45) is 0 Å². The monoisotopic (exact) mass is 337 g/mol. The summed E-state index contributed by atoms with van der Waals surface area (Å²) in [5.74, 6) is 0.245. The fourth-order valence-corrected chi connectivity index (χ4v) is 3.69. The summed E-state index contributed by atoms with van der Waals surface area (Å²) >= 11 is 1.63. The third-order valence-electron chi connectivity index (χ3n) is 4.31. The molecule has 8 heteroatoms. The minimum absolute atomic E-state index is 0.00321. The standard InChI is InChI=1S/C15H23N5O2S/c21-13-3-1-6-18(13)7-2-4-16-14(22)19-8-10-20(11-9-19)15-17-5-12-23-15/h5,12H,1-4,6-11H2,(H,16,22). The molecule has 3 amide bonds. The van der Waals surface area contributed by atoms with E-state index in [2.05, 4.69) is 15.2 Å². The van der Waals surface area contributed by atoms with Gasteiger partial charge in [0.05, 0.1) is 0 Å². The molecule has 23 heavy (non-hydrogen) atoms. The molecule has 1 aromatic heterocycles. The largest absolute Gasteiger partial charge is 0.345 e. The number of piperazine rings is 1. The molecular formula is C15H23N5O2S. The van der Waals surface area contributed by atoms with E-state index in [-0.39, 0.29) is 11.9 Å². The van der Waals surface area contributed by atoms with E-state index < -0.39 is 0 Å². The maximum Gasteiger partial charge on any atom is 0.317 e. The lowest BCUT2D eigenvalue weighted by atomic mass is 10.3. The van der Waals surface area contributed by atoms with Crippen LogP contribution in [0, 0.1) is 0 Å². The molecule has 126 valence electrons. The second kappa shape index (κ2) is 7.63. The van der Waals surface area contributed by atoms with Crippen LogP contribution in [0.4, 0.5) is 9.93 Å². The van der Waals surface area contributed by atoms with Gasteiger partial charge in [-0.05, 0) is 12.8 Å². The summed E-state index contributed by atoms with van der Waals surface area (Å²) in [4.78, 5) is 33.9. The highest BCUT2D eigenvalue weighted by Crippen LogP contribution is 2.18. The van der Waals surface area contributed by atoms with Crippen LogP contribution in [0.15, 0.2) is 11.6 Å². The van der Waals surface area contributed by atoms with Crippen molar-refractivity contribution < 1.29 is 9.59 Å². The smallest absolute Gasteiger partial charge is 0.317 e. The van der Waals surface area contributed by atoms with Crippen molar-refractivity contribution >= 4 is 28.4 Å². The van der Waals surface area contributed by atoms with Crippen molar-refractivity contribution in [3.05, 3.63) is 11.6 Å². The summed E-state index contributed by atoms with van der Waals surface area (Å²) in [6.45, 7) is 5.32. The van der Waals surface area contributed by atoms with E-state index >= 15 is 0 Å². The number of nitrogens with one attached hydrogen (secondary N) is 1. The van der Waals surface area contributed by atoms with Crippen molar-refractivity contribution in [2.45, 2.75) is 19.3 Å². The Morgan fingerprint density at radius 1 is 1.26 bits per heavy atom. The highest BCUT2D eigenvalue weighted by atomic mass is 32.1. The number of urea groups is 1. The number of amides is 3. The Hall–Kier alpha value is -1.83. The first-order valence-electron chi connectivity index (χ1n) is 8.19. The van der Waals surface area contributed by atoms with Gasteiger partial charge in [-0.25, -0.2) is 9.78 Å². The molecule has 0 radical (unpaired) electrons. The Labute approximate surface area is 140 Å². The van der Waals surface area contributed by atoms with Gasteiger partial charge in [-0.3, -0.25) is 4.79 Å². The number of aromatic nitrogens is 1. The van der Waals surface area contributed by atoms with Gasteiger partial charge in [0.25, 0.3) is 0 Å². The number of carbonyl (C=O) groups excluding carboxylic acids is 2. The topological polar surface area (TPSA) is 68.8 Å². The normalized spacial score (nSPS) is 18.6. The summed E-state index contributed by atoms with van der Waals surface area (Å²) in [5.41, 5.74) is 0. The summed E-state index contributed by atoms with van der Waals surface area (Å²) < 4.78 is 0. The van der Waals surface area contributed by atoms with E-state index in [1.807, 2.05) is 21.4 Å². The van der Waals surface area contributed by atoms with Crippen molar-refractivity contribution in [2.75, 3.05) is 50.7 Å². The lowest BCUT2D eigenvalue weighted by Gasteiger charge is -2.34. The van der Waals surface area contributed by atoms with Crippen LogP contribution >= 0.6 is 11.3 Å². The number of carbonyl (C=O) groups is 2.